The summed E-state index contributed by atoms with van der Waals surface area (Å²) in [4.78, 5) is 15.4. The summed E-state index contributed by atoms with van der Waals surface area (Å²) >= 11 is 0. The molecule has 0 bridgehead atoms. The number of hydrogen-bond donors (Lipinski definition) is 0. The van der Waals surface area contributed by atoms with E-state index >= 15 is 0 Å². The Morgan fingerprint density at radius 1 is 0.909 bits per heavy atom. The Morgan fingerprint density at radius 3 is 2.27 bits per heavy atom. The average Bonchev–Trinajstić information content (AvgIpc) is 3.06. The number of benzene rings is 3. The Balaban J connectivity index is 1.68. The van der Waals surface area contributed by atoms with Gasteiger partial charge in [-0.2, -0.15) is 0 Å². The molecule has 3 aromatic carbocycles. The van der Waals surface area contributed by atoms with Crippen molar-refractivity contribution < 1.29 is 9.15 Å². The molecule has 1 aliphatic rings. The van der Waals surface area contributed by atoms with E-state index in [2.05, 4.69) is 62.9 Å². The molecule has 0 saturated heterocycles. The van der Waals surface area contributed by atoms with Gasteiger partial charge in [0.2, 0.25) is 11.2 Å². The number of rotatable bonds is 5. The van der Waals surface area contributed by atoms with Crippen LogP contribution in [0, 0.1) is 0 Å². The highest BCUT2D eigenvalue weighted by Crippen LogP contribution is 2.51. The first-order valence-corrected chi connectivity index (χ1v) is 11.5. The molecule has 0 atom stereocenters. The van der Waals surface area contributed by atoms with Gasteiger partial charge >= 0.3 is 0 Å². The van der Waals surface area contributed by atoms with Crippen molar-refractivity contribution >= 4 is 16.7 Å². The van der Waals surface area contributed by atoms with E-state index in [1.807, 2.05) is 24.3 Å². The number of para-hydroxylation sites is 1. The van der Waals surface area contributed by atoms with Gasteiger partial charge in [0, 0.05) is 29.8 Å². The van der Waals surface area contributed by atoms with E-state index in [4.69, 9.17) is 9.15 Å². The van der Waals surface area contributed by atoms with Crippen LogP contribution in [0.15, 0.2) is 69.9 Å². The quantitative estimate of drug-likeness (QED) is 0.350. The molecule has 0 spiro atoms. The Morgan fingerprint density at radius 2 is 1.58 bits per heavy atom. The van der Waals surface area contributed by atoms with Gasteiger partial charge in [0.25, 0.3) is 0 Å². The summed E-state index contributed by atoms with van der Waals surface area (Å²) in [7, 11) is 1.52. The number of hydrogen-bond acceptors (Lipinski definition) is 4. The molecule has 1 aromatic heterocycles. The normalized spacial score (nSPS) is 13.6. The molecule has 0 amide bonds. The lowest BCUT2D eigenvalue weighted by Gasteiger charge is -2.26. The van der Waals surface area contributed by atoms with E-state index in [0.29, 0.717) is 16.7 Å². The third-order valence-corrected chi connectivity index (χ3v) is 7.01. The smallest absolute Gasteiger partial charge is 0.235 e. The molecule has 4 heteroatoms. The lowest BCUT2D eigenvalue weighted by molar-refractivity contribution is 0.398. The maximum atomic E-state index is 13.1. The second kappa shape index (κ2) is 7.80. The van der Waals surface area contributed by atoms with Crippen LogP contribution in [0.2, 0.25) is 0 Å². The van der Waals surface area contributed by atoms with Crippen molar-refractivity contribution in [2.45, 2.75) is 33.1 Å². The molecule has 4 aromatic rings. The van der Waals surface area contributed by atoms with Crippen LogP contribution in [0.4, 0.5) is 5.69 Å². The van der Waals surface area contributed by atoms with Gasteiger partial charge in [-0.15, -0.1) is 0 Å². The number of methoxy groups -OCH3 is 1. The maximum Gasteiger partial charge on any atom is 0.235 e. The number of fused-ring (bicyclic) bond motifs is 4. The standard InChI is InChI=1S/C29H29NO3/c1-6-30(7-2)19-13-15-21-20-14-12-18(16-23(20)29(3,4)24(21)17-19)27-28(32-5)26(31)22-10-8-9-11-25(22)33-27/h8-17H,6-7H2,1-5H3. The van der Waals surface area contributed by atoms with Crippen LogP contribution >= 0.6 is 0 Å². The maximum absolute atomic E-state index is 13.1. The number of ether oxygens (including phenoxy) is 1. The highest BCUT2D eigenvalue weighted by atomic mass is 16.5. The molecule has 0 fully saturated rings. The second-order valence-electron chi connectivity index (χ2n) is 9.08. The molecular weight excluding hydrogens is 410 g/mol. The predicted molar refractivity (Wildman–Crippen MR) is 136 cm³/mol. The summed E-state index contributed by atoms with van der Waals surface area (Å²) in [6.45, 7) is 10.9. The zero-order valence-corrected chi connectivity index (χ0v) is 19.9. The van der Waals surface area contributed by atoms with Crippen LogP contribution in [0.1, 0.15) is 38.8 Å². The van der Waals surface area contributed by atoms with E-state index in [-0.39, 0.29) is 16.6 Å². The summed E-state index contributed by atoms with van der Waals surface area (Å²) in [5.74, 6) is 0.713. The monoisotopic (exact) mass is 439 g/mol. The van der Waals surface area contributed by atoms with E-state index in [0.717, 1.165) is 18.7 Å². The van der Waals surface area contributed by atoms with Gasteiger partial charge in [-0.05, 0) is 66.4 Å². The Hall–Kier alpha value is -3.53. The van der Waals surface area contributed by atoms with E-state index in [9.17, 15) is 4.79 Å². The zero-order chi connectivity index (χ0) is 23.3. The minimum absolute atomic E-state index is 0.152. The molecule has 1 aliphatic carbocycles. The summed E-state index contributed by atoms with van der Waals surface area (Å²) in [5, 5.41) is 0.524. The lowest BCUT2D eigenvalue weighted by atomic mass is 9.81. The molecule has 0 aliphatic heterocycles. The SMILES string of the molecule is CCN(CC)c1ccc2c(c1)C(C)(C)c1cc(-c3oc4ccccc4c(=O)c3OC)ccc1-2. The van der Waals surface area contributed by atoms with Crippen molar-refractivity contribution in [3.8, 4) is 28.2 Å². The fourth-order valence-electron chi connectivity index (χ4n) is 5.15. The number of anilines is 1. The third-order valence-electron chi connectivity index (χ3n) is 7.01. The van der Waals surface area contributed by atoms with E-state index in [1.54, 1.807) is 6.07 Å². The molecule has 168 valence electrons. The van der Waals surface area contributed by atoms with Crippen molar-refractivity contribution in [3.05, 3.63) is 82.0 Å². The summed E-state index contributed by atoms with van der Waals surface area (Å²) in [5.41, 5.74) is 7.38. The van der Waals surface area contributed by atoms with Crippen molar-refractivity contribution in [1.82, 2.24) is 0 Å². The topological polar surface area (TPSA) is 42.7 Å². The molecule has 33 heavy (non-hydrogen) atoms. The second-order valence-corrected chi connectivity index (χ2v) is 9.08. The minimum Gasteiger partial charge on any atom is -0.490 e. The summed E-state index contributed by atoms with van der Waals surface area (Å²) < 4.78 is 11.7. The first kappa shape index (κ1) is 21.3. The first-order chi connectivity index (χ1) is 15.9. The van der Waals surface area contributed by atoms with Crippen LogP contribution in [0.3, 0.4) is 0 Å². The van der Waals surface area contributed by atoms with Crippen LogP contribution < -0.4 is 15.1 Å². The highest BCUT2D eigenvalue weighted by Gasteiger charge is 2.36. The Labute approximate surface area is 194 Å². The Kier molecular flexibility index (Phi) is 5.04. The zero-order valence-electron chi connectivity index (χ0n) is 19.9. The molecule has 4 nitrogen and oxygen atoms in total. The van der Waals surface area contributed by atoms with Crippen molar-refractivity contribution in [3.63, 3.8) is 0 Å². The molecule has 0 radical (unpaired) electrons. The Bertz CT molecular complexity index is 1430. The van der Waals surface area contributed by atoms with Crippen LogP contribution in [-0.4, -0.2) is 20.2 Å². The van der Waals surface area contributed by atoms with E-state index in [1.165, 1.54) is 35.1 Å². The molecule has 0 N–H and O–H groups in total. The largest absolute Gasteiger partial charge is 0.490 e. The highest BCUT2D eigenvalue weighted by molar-refractivity contribution is 5.86. The molecule has 0 saturated carbocycles. The first-order valence-electron chi connectivity index (χ1n) is 11.5. The summed E-state index contributed by atoms with van der Waals surface area (Å²) in [6, 6.07) is 20.4. The summed E-state index contributed by atoms with van der Waals surface area (Å²) in [6.07, 6.45) is 0. The van der Waals surface area contributed by atoms with Gasteiger partial charge in [-0.1, -0.05) is 44.2 Å². The molecule has 5 rings (SSSR count). The van der Waals surface area contributed by atoms with Gasteiger partial charge in [-0.3, -0.25) is 4.79 Å². The fraction of sp³-hybridized carbons (Fsp3) is 0.276. The van der Waals surface area contributed by atoms with Crippen LogP contribution in [-0.2, 0) is 5.41 Å². The van der Waals surface area contributed by atoms with E-state index < -0.39 is 0 Å². The van der Waals surface area contributed by atoms with Crippen LogP contribution in [0.5, 0.6) is 5.75 Å². The molecule has 0 unspecified atom stereocenters. The predicted octanol–water partition coefficient (Wildman–Crippen LogP) is 6.62. The van der Waals surface area contributed by atoms with Gasteiger partial charge < -0.3 is 14.1 Å². The van der Waals surface area contributed by atoms with Gasteiger partial charge in [0.05, 0.1) is 12.5 Å². The molecular formula is C29H29NO3. The van der Waals surface area contributed by atoms with Gasteiger partial charge in [0.1, 0.15) is 5.58 Å². The van der Waals surface area contributed by atoms with Crippen molar-refractivity contribution in [2.24, 2.45) is 0 Å². The fourth-order valence-corrected chi connectivity index (χ4v) is 5.15. The third kappa shape index (κ3) is 3.16. The molecule has 1 heterocycles. The van der Waals surface area contributed by atoms with Gasteiger partial charge in [-0.25, -0.2) is 0 Å². The average molecular weight is 440 g/mol. The van der Waals surface area contributed by atoms with Crippen molar-refractivity contribution in [2.75, 3.05) is 25.1 Å². The lowest BCUT2D eigenvalue weighted by Crippen LogP contribution is -2.22. The van der Waals surface area contributed by atoms with Crippen LogP contribution in [0.25, 0.3) is 33.4 Å². The number of nitrogens with zero attached hydrogens (tertiary/aromatic N) is 1. The van der Waals surface area contributed by atoms with Crippen molar-refractivity contribution in [1.29, 1.82) is 0 Å². The minimum atomic E-state index is -0.172. The van der Waals surface area contributed by atoms with Gasteiger partial charge in [0.15, 0.2) is 5.76 Å².